The van der Waals surface area contributed by atoms with E-state index in [0.29, 0.717) is 18.8 Å². The van der Waals surface area contributed by atoms with Crippen LogP contribution in [0, 0.1) is 0 Å². The second-order valence-electron chi connectivity index (χ2n) is 10.2. The van der Waals surface area contributed by atoms with Gasteiger partial charge in [0.25, 0.3) is 5.91 Å². The molecule has 1 saturated carbocycles. The van der Waals surface area contributed by atoms with Gasteiger partial charge >= 0.3 is 0 Å². The lowest BCUT2D eigenvalue weighted by atomic mass is 9.75. The molecule has 2 aromatic rings. The summed E-state index contributed by atoms with van der Waals surface area (Å²) in [5, 5.41) is 6.27. The summed E-state index contributed by atoms with van der Waals surface area (Å²) in [4.78, 5) is 26.5. The number of hydrogen-bond acceptors (Lipinski definition) is 2. The highest BCUT2D eigenvalue weighted by atomic mass is 16.2. The van der Waals surface area contributed by atoms with Gasteiger partial charge in [-0.05, 0) is 74.6 Å². The van der Waals surface area contributed by atoms with Crippen LogP contribution in [-0.4, -0.2) is 17.4 Å². The molecule has 4 heteroatoms. The fraction of sp³-hybridized carbons (Fsp3) is 0.448. The largest absolute Gasteiger partial charge is 0.349 e. The first-order valence-corrected chi connectivity index (χ1v) is 12.1. The highest BCUT2D eigenvalue weighted by Crippen LogP contribution is 2.45. The van der Waals surface area contributed by atoms with E-state index in [0.717, 1.165) is 29.5 Å². The van der Waals surface area contributed by atoms with E-state index in [1.807, 2.05) is 57.2 Å². The van der Waals surface area contributed by atoms with Crippen LogP contribution in [0.25, 0.3) is 11.1 Å². The molecule has 2 aromatic carbocycles. The van der Waals surface area contributed by atoms with Crippen LogP contribution in [0.2, 0.25) is 0 Å². The van der Waals surface area contributed by atoms with Crippen molar-refractivity contribution >= 4 is 11.8 Å². The van der Waals surface area contributed by atoms with Crippen molar-refractivity contribution in [2.45, 2.75) is 83.2 Å². The van der Waals surface area contributed by atoms with Crippen LogP contribution in [0.1, 0.15) is 83.3 Å². The maximum Gasteiger partial charge on any atom is 0.250 e. The number of carbonyl (C=O) groups excluding carboxylic acids is 2. The summed E-state index contributed by atoms with van der Waals surface area (Å²) >= 11 is 0. The number of allylic oxidation sites excluding steroid dienone is 1. The first-order chi connectivity index (χ1) is 15.7. The minimum atomic E-state index is -1.17. The fourth-order valence-electron chi connectivity index (χ4n) is 5.08. The maximum absolute atomic E-state index is 14.0. The van der Waals surface area contributed by atoms with E-state index in [2.05, 4.69) is 35.4 Å². The van der Waals surface area contributed by atoms with Crippen molar-refractivity contribution in [3.05, 3.63) is 72.3 Å². The molecule has 1 aliphatic carbocycles. The summed E-state index contributed by atoms with van der Waals surface area (Å²) in [7, 11) is 0. The summed E-state index contributed by atoms with van der Waals surface area (Å²) in [6.45, 7) is 11.3. The summed E-state index contributed by atoms with van der Waals surface area (Å²) in [6, 6.07) is 16.6. The lowest BCUT2D eigenvalue weighted by molar-refractivity contribution is -0.134. The Morgan fingerprint density at radius 2 is 1.67 bits per heavy atom. The van der Waals surface area contributed by atoms with Gasteiger partial charge in [-0.1, -0.05) is 67.4 Å². The molecule has 4 nitrogen and oxygen atoms in total. The van der Waals surface area contributed by atoms with Gasteiger partial charge in [0.15, 0.2) is 0 Å². The van der Waals surface area contributed by atoms with Gasteiger partial charge in [-0.25, -0.2) is 0 Å². The van der Waals surface area contributed by atoms with Gasteiger partial charge in [0.2, 0.25) is 5.91 Å². The number of hydrogen-bond donors (Lipinski definition) is 2. The Labute approximate surface area is 198 Å². The third kappa shape index (κ3) is 5.73. The highest BCUT2D eigenvalue weighted by molar-refractivity contribution is 5.93. The van der Waals surface area contributed by atoms with E-state index in [4.69, 9.17) is 0 Å². The maximum atomic E-state index is 14.0. The molecule has 0 aromatic heterocycles. The molecular weight excluding hydrogens is 408 g/mol. The predicted molar refractivity (Wildman–Crippen MR) is 136 cm³/mol. The average Bonchev–Trinajstić information content (AvgIpc) is 3.30. The first-order valence-electron chi connectivity index (χ1n) is 12.1. The van der Waals surface area contributed by atoms with Crippen LogP contribution in [0.4, 0.5) is 0 Å². The second kappa shape index (κ2) is 10.4. The SMILES string of the molecule is C=CCCC(NC(C)=O)(C(=O)NC(C)(C)C)c1cccc(-c2ccccc2)c1C1CCCC1. The van der Waals surface area contributed by atoms with Crippen molar-refractivity contribution in [1.82, 2.24) is 10.6 Å². The van der Waals surface area contributed by atoms with E-state index in [1.165, 1.54) is 25.3 Å². The van der Waals surface area contributed by atoms with Crippen molar-refractivity contribution in [1.29, 1.82) is 0 Å². The molecule has 1 unspecified atom stereocenters. The zero-order chi connectivity index (χ0) is 24.1. The first kappa shape index (κ1) is 24.8. The number of rotatable bonds is 8. The van der Waals surface area contributed by atoms with Crippen LogP contribution in [0.15, 0.2) is 61.2 Å². The van der Waals surface area contributed by atoms with Crippen molar-refractivity contribution in [3.63, 3.8) is 0 Å². The predicted octanol–water partition coefficient (Wildman–Crippen LogP) is 6.22. The molecule has 176 valence electrons. The molecule has 3 rings (SSSR count). The highest BCUT2D eigenvalue weighted by Gasteiger charge is 2.44. The van der Waals surface area contributed by atoms with Gasteiger partial charge in [0, 0.05) is 12.5 Å². The smallest absolute Gasteiger partial charge is 0.250 e. The lowest BCUT2D eigenvalue weighted by Gasteiger charge is -2.39. The third-order valence-electron chi connectivity index (χ3n) is 6.40. The van der Waals surface area contributed by atoms with E-state index in [1.54, 1.807) is 0 Å². The van der Waals surface area contributed by atoms with Crippen molar-refractivity contribution in [2.75, 3.05) is 0 Å². The molecule has 0 heterocycles. The lowest BCUT2D eigenvalue weighted by Crippen LogP contribution is -2.59. The molecule has 0 aliphatic heterocycles. The molecule has 2 amide bonds. The molecule has 1 fully saturated rings. The quantitative estimate of drug-likeness (QED) is 0.473. The number of carbonyl (C=O) groups is 2. The number of benzene rings is 2. The Bertz CT molecular complexity index is 984. The van der Waals surface area contributed by atoms with E-state index in [-0.39, 0.29) is 11.8 Å². The zero-order valence-corrected chi connectivity index (χ0v) is 20.5. The van der Waals surface area contributed by atoms with Crippen LogP contribution < -0.4 is 10.6 Å². The minimum Gasteiger partial charge on any atom is -0.349 e. The zero-order valence-electron chi connectivity index (χ0n) is 20.5. The van der Waals surface area contributed by atoms with Crippen LogP contribution in [0.3, 0.4) is 0 Å². The van der Waals surface area contributed by atoms with Gasteiger partial charge in [0.1, 0.15) is 5.54 Å². The van der Waals surface area contributed by atoms with Gasteiger partial charge in [-0.3, -0.25) is 9.59 Å². The molecule has 1 atom stereocenters. The summed E-state index contributed by atoms with van der Waals surface area (Å²) in [5.74, 6) is -0.0298. The Kier molecular flexibility index (Phi) is 7.78. The van der Waals surface area contributed by atoms with Gasteiger partial charge in [-0.15, -0.1) is 6.58 Å². The Morgan fingerprint density at radius 3 is 2.24 bits per heavy atom. The van der Waals surface area contributed by atoms with Crippen molar-refractivity contribution < 1.29 is 9.59 Å². The van der Waals surface area contributed by atoms with Crippen LogP contribution in [-0.2, 0) is 15.1 Å². The number of amides is 2. The summed E-state index contributed by atoms with van der Waals surface area (Å²) in [5.41, 5.74) is 2.79. The Balaban J connectivity index is 2.31. The number of nitrogens with one attached hydrogen (secondary N) is 2. The standard InChI is InChI=1S/C29H38N2O2/c1-6-7-20-29(30-21(2)32,27(33)31-28(3,4)5)25-19-13-18-24(22-14-9-8-10-15-22)26(25)23-16-11-12-17-23/h6,8-10,13-15,18-19,23H,1,7,11-12,16-17,20H2,2-5H3,(H,30,32)(H,31,33). The van der Waals surface area contributed by atoms with Gasteiger partial charge in [0.05, 0.1) is 0 Å². The molecule has 0 radical (unpaired) electrons. The topological polar surface area (TPSA) is 58.2 Å². The van der Waals surface area contributed by atoms with Gasteiger partial charge in [-0.2, -0.15) is 0 Å². The summed E-state index contributed by atoms with van der Waals surface area (Å²) in [6.07, 6.45) is 7.43. The monoisotopic (exact) mass is 446 g/mol. The van der Waals surface area contributed by atoms with Crippen molar-refractivity contribution in [2.24, 2.45) is 0 Å². The molecule has 0 bridgehead atoms. The third-order valence-corrected chi connectivity index (χ3v) is 6.40. The van der Waals surface area contributed by atoms with Crippen LogP contribution >= 0.6 is 0 Å². The Hall–Kier alpha value is -2.88. The molecule has 0 saturated heterocycles. The van der Waals surface area contributed by atoms with E-state index in [9.17, 15) is 9.59 Å². The van der Waals surface area contributed by atoms with Gasteiger partial charge < -0.3 is 10.6 Å². The molecule has 33 heavy (non-hydrogen) atoms. The van der Waals surface area contributed by atoms with Crippen LogP contribution in [0.5, 0.6) is 0 Å². The molecular formula is C29H38N2O2. The van der Waals surface area contributed by atoms with Crippen molar-refractivity contribution in [3.8, 4) is 11.1 Å². The minimum absolute atomic E-state index is 0.170. The molecule has 1 aliphatic rings. The Morgan fingerprint density at radius 1 is 1.00 bits per heavy atom. The molecule has 0 spiro atoms. The molecule has 2 N–H and O–H groups in total. The van der Waals surface area contributed by atoms with E-state index < -0.39 is 11.1 Å². The normalized spacial score (nSPS) is 16.1. The average molecular weight is 447 g/mol. The fourth-order valence-corrected chi connectivity index (χ4v) is 5.08. The second-order valence-corrected chi connectivity index (χ2v) is 10.2. The summed E-state index contributed by atoms with van der Waals surface area (Å²) < 4.78 is 0. The van der Waals surface area contributed by atoms with E-state index >= 15 is 0 Å².